The molecule has 146 valence electrons. The minimum atomic E-state index is 0.00241. The predicted octanol–water partition coefficient (Wildman–Crippen LogP) is 5.69. The van der Waals surface area contributed by atoms with Gasteiger partial charge in [-0.3, -0.25) is 9.78 Å². The van der Waals surface area contributed by atoms with Crippen molar-refractivity contribution >= 4 is 5.91 Å². The van der Waals surface area contributed by atoms with Gasteiger partial charge in [-0.1, -0.05) is 72.8 Å². The quantitative estimate of drug-likeness (QED) is 0.545. The van der Waals surface area contributed by atoms with Crippen molar-refractivity contribution in [1.82, 2.24) is 9.88 Å². The molecule has 0 bridgehead atoms. The molecule has 3 heteroatoms. The van der Waals surface area contributed by atoms with E-state index in [-0.39, 0.29) is 17.9 Å². The van der Waals surface area contributed by atoms with E-state index in [0.717, 1.165) is 27.9 Å². The fraction of sp³-hybridized carbons (Fsp3) is 0.231. The fourth-order valence-electron chi connectivity index (χ4n) is 4.31. The summed E-state index contributed by atoms with van der Waals surface area (Å²) in [6.45, 7) is 6.55. The second-order valence-corrected chi connectivity index (χ2v) is 7.80. The van der Waals surface area contributed by atoms with Crippen LogP contribution >= 0.6 is 0 Å². The molecule has 0 fully saturated rings. The normalized spacial score (nSPS) is 19.0. The highest BCUT2D eigenvalue weighted by Crippen LogP contribution is 2.37. The average Bonchev–Trinajstić information content (AvgIpc) is 2.74. The van der Waals surface area contributed by atoms with Gasteiger partial charge in [0.1, 0.15) is 0 Å². The van der Waals surface area contributed by atoms with Crippen LogP contribution in [-0.4, -0.2) is 22.3 Å². The molecular weight excluding hydrogens is 356 g/mol. The lowest BCUT2D eigenvalue weighted by Gasteiger charge is -2.39. The summed E-state index contributed by atoms with van der Waals surface area (Å²) >= 11 is 0. The van der Waals surface area contributed by atoms with Crippen LogP contribution in [0.4, 0.5) is 0 Å². The zero-order valence-electron chi connectivity index (χ0n) is 17.2. The standard InChI is InChI=1S/C26H26N2O/c1-18-14-23(16-27-25(18)21-10-6-4-7-11-21)24-15-19(2)26(28(17-24)20(3)29)22-12-8-5-9-13-22/h4-16,24,26H,17H2,1-3H3/t24-,26-/m0/s1. The van der Waals surface area contributed by atoms with E-state index in [2.05, 4.69) is 50.3 Å². The van der Waals surface area contributed by atoms with Crippen LogP contribution in [0.1, 0.15) is 42.5 Å². The Kier molecular flexibility index (Phi) is 5.30. The Morgan fingerprint density at radius 3 is 2.24 bits per heavy atom. The Bertz CT molecular complexity index is 1040. The van der Waals surface area contributed by atoms with E-state index in [1.165, 1.54) is 5.57 Å². The van der Waals surface area contributed by atoms with Crippen LogP contribution in [0.5, 0.6) is 0 Å². The summed E-state index contributed by atoms with van der Waals surface area (Å²) in [5.41, 5.74) is 6.80. The monoisotopic (exact) mass is 382 g/mol. The van der Waals surface area contributed by atoms with Gasteiger partial charge in [0.2, 0.25) is 5.91 Å². The molecule has 29 heavy (non-hydrogen) atoms. The minimum absolute atomic E-state index is 0.00241. The molecule has 0 unspecified atom stereocenters. The molecule has 0 saturated carbocycles. The van der Waals surface area contributed by atoms with Crippen molar-refractivity contribution in [2.75, 3.05) is 6.54 Å². The van der Waals surface area contributed by atoms with E-state index in [0.29, 0.717) is 6.54 Å². The summed E-state index contributed by atoms with van der Waals surface area (Å²) in [6, 6.07) is 22.7. The highest BCUT2D eigenvalue weighted by molar-refractivity contribution is 5.75. The van der Waals surface area contributed by atoms with Gasteiger partial charge in [0.05, 0.1) is 11.7 Å². The molecule has 0 spiro atoms. The van der Waals surface area contributed by atoms with Crippen LogP contribution in [0.2, 0.25) is 0 Å². The van der Waals surface area contributed by atoms with E-state index in [9.17, 15) is 4.79 Å². The molecule has 1 amide bonds. The van der Waals surface area contributed by atoms with Gasteiger partial charge in [0, 0.05) is 31.1 Å². The minimum Gasteiger partial charge on any atom is -0.331 e. The maximum absolute atomic E-state index is 12.5. The van der Waals surface area contributed by atoms with Gasteiger partial charge < -0.3 is 4.90 Å². The van der Waals surface area contributed by atoms with Crippen LogP contribution < -0.4 is 0 Å². The number of aromatic nitrogens is 1. The molecule has 0 saturated heterocycles. The summed E-state index contributed by atoms with van der Waals surface area (Å²) in [5, 5.41) is 0. The summed E-state index contributed by atoms with van der Waals surface area (Å²) in [4.78, 5) is 19.2. The number of hydrogen-bond donors (Lipinski definition) is 0. The Balaban J connectivity index is 1.68. The zero-order chi connectivity index (χ0) is 20.4. The third-order valence-corrected chi connectivity index (χ3v) is 5.70. The van der Waals surface area contributed by atoms with E-state index in [1.54, 1.807) is 6.92 Å². The third kappa shape index (κ3) is 3.86. The molecule has 2 atom stereocenters. The first-order chi connectivity index (χ1) is 14.0. The number of carbonyl (C=O) groups is 1. The first kappa shape index (κ1) is 19.1. The van der Waals surface area contributed by atoms with E-state index >= 15 is 0 Å². The van der Waals surface area contributed by atoms with Gasteiger partial charge in [-0.25, -0.2) is 0 Å². The highest BCUT2D eigenvalue weighted by Gasteiger charge is 2.31. The van der Waals surface area contributed by atoms with Gasteiger partial charge in [0.15, 0.2) is 0 Å². The average molecular weight is 383 g/mol. The topological polar surface area (TPSA) is 33.2 Å². The maximum Gasteiger partial charge on any atom is 0.220 e. The van der Waals surface area contributed by atoms with Gasteiger partial charge in [0.25, 0.3) is 0 Å². The number of benzene rings is 2. The first-order valence-corrected chi connectivity index (χ1v) is 10.1. The fourth-order valence-corrected chi connectivity index (χ4v) is 4.31. The molecule has 3 nitrogen and oxygen atoms in total. The number of carbonyl (C=O) groups excluding carboxylic acids is 1. The lowest BCUT2D eigenvalue weighted by molar-refractivity contribution is -0.131. The molecule has 2 aromatic carbocycles. The number of hydrogen-bond acceptors (Lipinski definition) is 2. The smallest absolute Gasteiger partial charge is 0.220 e. The Hall–Kier alpha value is -3.20. The van der Waals surface area contributed by atoms with Crippen LogP contribution in [0.3, 0.4) is 0 Å². The van der Waals surface area contributed by atoms with Gasteiger partial charge in [-0.05, 0) is 36.1 Å². The van der Waals surface area contributed by atoms with Crippen molar-refractivity contribution in [3.8, 4) is 11.3 Å². The molecule has 3 aromatic rings. The second-order valence-electron chi connectivity index (χ2n) is 7.80. The summed E-state index contributed by atoms with van der Waals surface area (Å²) in [7, 11) is 0. The molecule has 4 rings (SSSR count). The summed E-state index contributed by atoms with van der Waals surface area (Å²) in [6.07, 6.45) is 4.26. The predicted molar refractivity (Wildman–Crippen MR) is 117 cm³/mol. The SMILES string of the molecule is CC(=O)N1C[C@@H](c2cnc(-c3ccccc3)c(C)c2)C=C(C)[C@H]1c1ccccc1. The van der Waals surface area contributed by atoms with Crippen molar-refractivity contribution in [1.29, 1.82) is 0 Å². The molecule has 1 aliphatic heterocycles. The number of nitrogens with zero attached hydrogens (tertiary/aromatic N) is 2. The molecule has 1 aromatic heterocycles. The van der Waals surface area contributed by atoms with Crippen LogP contribution in [0.15, 0.2) is 84.6 Å². The molecule has 0 N–H and O–H groups in total. The lowest BCUT2D eigenvalue weighted by Crippen LogP contribution is -2.39. The summed E-state index contributed by atoms with van der Waals surface area (Å²) in [5.74, 6) is 0.247. The van der Waals surface area contributed by atoms with Crippen molar-refractivity contribution in [2.24, 2.45) is 0 Å². The molecule has 2 heterocycles. The Labute approximate surface area is 172 Å². The number of amides is 1. The molecule has 1 aliphatic rings. The zero-order valence-corrected chi connectivity index (χ0v) is 17.2. The number of aryl methyl sites for hydroxylation is 1. The van der Waals surface area contributed by atoms with E-state index < -0.39 is 0 Å². The Morgan fingerprint density at radius 2 is 1.62 bits per heavy atom. The lowest BCUT2D eigenvalue weighted by atomic mass is 9.86. The van der Waals surface area contributed by atoms with Crippen LogP contribution in [0.25, 0.3) is 11.3 Å². The van der Waals surface area contributed by atoms with Crippen molar-refractivity contribution in [2.45, 2.75) is 32.7 Å². The summed E-state index contributed by atoms with van der Waals surface area (Å²) < 4.78 is 0. The largest absolute Gasteiger partial charge is 0.331 e. The van der Waals surface area contributed by atoms with Gasteiger partial charge in [-0.2, -0.15) is 0 Å². The molecule has 0 radical (unpaired) electrons. The maximum atomic E-state index is 12.5. The van der Waals surface area contributed by atoms with Gasteiger partial charge >= 0.3 is 0 Å². The number of rotatable bonds is 3. The van der Waals surface area contributed by atoms with Crippen LogP contribution in [-0.2, 0) is 4.79 Å². The van der Waals surface area contributed by atoms with E-state index in [1.807, 2.05) is 47.5 Å². The van der Waals surface area contributed by atoms with Crippen LogP contribution in [0, 0.1) is 6.92 Å². The highest BCUT2D eigenvalue weighted by atomic mass is 16.2. The van der Waals surface area contributed by atoms with E-state index in [4.69, 9.17) is 4.98 Å². The second kappa shape index (κ2) is 8.04. The molecular formula is C26H26N2O. The van der Waals surface area contributed by atoms with Gasteiger partial charge in [-0.15, -0.1) is 0 Å². The Morgan fingerprint density at radius 1 is 0.966 bits per heavy atom. The number of pyridine rings is 1. The van der Waals surface area contributed by atoms with Crippen molar-refractivity contribution in [3.63, 3.8) is 0 Å². The van der Waals surface area contributed by atoms with Crippen molar-refractivity contribution in [3.05, 3.63) is 101 Å². The first-order valence-electron chi connectivity index (χ1n) is 10.1. The third-order valence-electron chi connectivity index (χ3n) is 5.70. The van der Waals surface area contributed by atoms with Crippen molar-refractivity contribution < 1.29 is 4.79 Å². The molecule has 0 aliphatic carbocycles.